The highest BCUT2D eigenvalue weighted by atomic mass is 32.2. The molecule has 32 heavy (non-hydrogen) atoms. The van der Waals surface area contributed by atoms with E-state index in [1.807, 2.05) is 66.9 Å². The lowest BCUT2D eigenvalue weighted by molar-refractivity contribution is -0.118. The van der Waals surface area contributed by atoms with Gasteiger partial charge in [0.2, 0.25) is 5.91 Å². The first kappa shape index (κ1) is 22.0. The minimum Gasteiger partial charge on any atom is -0.356 e. The summed E-state index contributed by atoms with van der Waals surface area (Å²) in [6.07, 6.45) is 2.59. The maximum atomic E-state index is 12.8. The van der Waals surface area contributed by atoms with Gasteiger partial charge in [0.1, 0.15) is 0 Å². The predicted molar refractivity (Wildman–Crippen MR) is 131 cm³/mol. The van der Waals surface area contributed by atoms with Crippen molar-refractivity contribution in [2.45, 2.75) is 18.5 Å². The highest BCUT2D eigenvalue weighted by Crippen LogP contribution is 2.30. The number of carbonyl (C=O) groups is 2. The monoisotopic (exact) mass is 461 g/mol. The summed E-state index contributed by atoms with van der Waals surface area (Å²) in [5.74, 6) is 0.344. The molecule has 0 bridgehead atoms. The van der Waals surface area contributed by atoms with Crippen LogP contribution in [0.5, 0.6) is 0 Å². The van der Waals surface area contributed by atoms with Gasteiger partial charge in [-0.15, -0.1) is 11.3 Å². The fourth-order valence-corrected chi connectivity index (χ4v) is 5.21. The van der Waals surface area contributed by atoms with Crippen LogP contribution in [0.3, 0.4) is 0 Å². The molecule has 0 aliphatic carbocycles. The number of hydrogen-bond acceptors (Lipinski definition) is 5. The van der Waals surface area contributed by atoms with E-state index < -0.39 is 0 Å². The number of imidazole rings is 1. The summed E-state index contributed by atoms with van der Waals surface area (Å²) in [6.45, 7) is 2.08. The van der Waals surface area contributed by atoms with Crippen LogP contribution in [-0.2, 0) is 11.2 Å². The van der Waals surface area contributed by atoms with Gasteiger partial charge in [0.25, 0.3) is 0 Å². The third kappa shape index (κ3) is 5.36. The van der Waals surface area contributed by atoms with Crippen LogP contribution in [-0.4, -0.2) is 33.5 Å². The summed E-state index contributed by atoms with van der Waals surface area (Å²) in [4.78, 5) is 30.3. The van der Waals surface area contributed by atoms with Crippen LogP contribution in [0.1, 0.15) is 21.5 Å². The Bertz CT molecular complexity index is 1200. The third-order valence-electron chi connectivity index (χ3n) is 4.83. The van der Waals surface area contributed by atoms with E-state index in [4.69, 9.17) is 0 Å². The lowest BCUT2D eigenvalue weighted by atomic mass is 10.1. The summed E-state index contributed by atoms with van der Waals surface area (Å²) >= 11 is 2.93. The van der Waals surface area contributed by atoms with Crippen molar-refractivity contribution in [3.63, 3.8) is 0 Å². The van der Waals surface area contributed by atoms with Gasteiger partial charge in [0.05, 0.1) is 22.5 Å². The normalized spacial score (nSPS) is 10.8. The molecule has 0 unspecified atom stereocenters. The number of benzene rings is 2. The van der Waals surface area contributed by atoms with Crippen LogP contribution < -0.4 is 5.32 Å². The number of rotatable bonds is 9. The lowest BCUT2D eigenvalue weighted by Crippen LogP contribution is -2.22. The largest absolute Gasteiger partial charge is 0.356 e. The van der Waals surface area contributed by atoms with Crippen LogP contribution in [0, 0.1) is 0 Å². The zero-order valence-electron chi connectivity index (χ0n) is 17.7. The number of carbonyl (C=O) groups excluding carboxylic acids is 2. The Hall–Kier alpha value is -3.16. The highest BCUT2D eigenvalue weighted by molar-refractivity contribution is 7.99. The molecule has 0 spiro atoms. The Labute approximate surface area is 195 Å². The van der Waals surface area contributed by atoms with Gasteiger partial charge in [-0.05, 0) is 30.7 Å². The number of thiophene rings is 1. The summed E-state index contributed by atoms with van der Waals surface area (Å²) in [6, 6.07) is 24.0. The number of aromatic nitrogens is 2. The number of para-hydroxylation sites is 1. The molecule has 0 saturated heterocycles. The van der Waals surface area contributed by atoms with E-state index in [-0.39, 0.29) is 11.7 Å². The van der Waals surface area contributed by atoms with E-state index in [0.29, 0.717) is 12.3 Å². The van der Waals surface area contributed by atoms with Crippen LogP contribution in [0.4, 0.5) is 0 Å². The molecule has 0 saturated carbocycles. The Kier molecular flexibility index (Phi) is 7.19. The number of Topliss-reactive ketones (excluding diaryl/α,β-unsaturated/α-hetero) is 1. The number of amides is 1. The van der Waals surface area contributed by atoms with Crippen molar-refractivity contribution in [1.29, 1.82) is 0 Å². The standard InChI is InChI=1S/C25H23N3O2S2/c1-18(29)26-15-14-21-12-13-24(32-21)23(30)17-31-25-27-16-22(19-8-4-2-5-9-19)28(25)20-10-6-3-7-11-20/h2-13,16H,14-15,17H2,1H3,(H,26,29). The van der Waals surface area contributed by atoms with Crippen LogP contribution in [0.25, 0.3) is 16.9 Å². The average molecular weight is 462 g/mol. The molecule has 7 heteroatoms. The van der Waals surface area contributed by atoms with Gasteiger partial charge in [-0.1, -0.05) is 60.3 Å². The molecule has 2 heterocycles. The molecule has 0 aliphatic heterocycles. The van der Waals surface area contributed by atoms with Crippen molar-refractivity contribution in [3.8, 4) is 16.9 Å². The minimum atomic E-state index is -0.0435. The summed E-state index contributed by atoms with van der Waals surface area (Å²) in [5, 5.41) is 3.57. The van der Waals surface area contributed by atoms with Gasteiger partial charge in [-0.2, -0.15) is 0 Å². The van der Waals surface area contributed by atoms with Crippen molar-refractivity contribution in [3.05, 3.63) is 88.7 Å². The fourth-order valence-electron chi connectivity index (χ4n) is 3.30. The third-order valence-corrected chi connectivity index (χ3v) is 6.97. The van der Waals surface area contributed by atoms with Crippen LogP contribution >= 0.6 is 23.1 Å². The van der Waals surface area contributed by atoms with E-state index in [0.717, 1.165) is 38.3 Å². The van der Waals surface area contributed by atoms with Crippen molar-refractivity contribution < 1.29 is 9.59 Å². The molecular weight excluding hydrogens is 438 g/mol. The van der Waals surface area contributed by atoms with Crippen molar-refractivity contribution in [2.75, 3.05) is 12.3 Å². The van der Waals surface area contributed by atoms with E-state index >= 15 is 0 Å². The van der Waals surface area contributed by atoms with Gasteiger partial charge in [0, 0.05) is 29.6 Å². The lowest BCUT2D eigenvalue weighted by Gasteiger charge is -2.11. The molecule has 5 nitrogen and oxygen atoms in total. The van der Waals surface area contributed by atoms with Gasteiger partial charge in [0.15, 0.2) is 10.9 Å². The zero-order chi connectivity index (χ0) is 22.3. The number of thioether (sulfide) groups is 1. The fraction of sp³-hybridized carbons (Fsp3) is 0.160. The molecule has 1 N–H and O–H groups in total. The highest BCUT2D eigenvalue weighted by Gasteiger charge is 2.17. The summed E-state index contributed by atoms with van der Waals surface area (Å²) < 4.78 is 2.10. The molecule has 2 aromatic heterocycles. The Morgan fingerprint density at radius 1 is 1.00 bits per heavy atom. The number of ketones is 1. The predicted octanol–water partition coefficient (Wildman–Crippen LogP) is 5.25. The molecule has 2 aromatic carbocycles. The molecule has 0 fully saturated rings. The first-order valence-corrected chi connectivity index (χ1v) is 12.1. The average Bonchev–Trinajstić information content (AvgIpc) is 3.46. The van der Waals surface area contributed by atoms with E-state index in [9.17, 15) is 9.59 Å². The van der Waals surface area contributed by atoms with Crippen molar-refractivity contribution >= 4 is 34.8 Å². The number of nitrogens with zero attached hydrogens (tertiary/aromatic N) is 2. The number of nitrogens with one attached hydrogen (secondary N) is 1. The second kappa shape index (κ2) is 10.4. The Balaban J connectivity index is 1.50. The van der Waals surface area contributed by atoms with E-state index in [1.54, 1.807) is 0 Å². The number of hydrogen-bond donors (Lipinski definition) is 1. The summed E-state index contributed by atoms with van der Waals surface area (Å²) in [5.41, 5.74) is 3.07. The second-order valence-corrected chi connectivity index (χ2v) is 9.28. The second-order valence-electron chi connectivity index (χ2n) is 7.17. The van der Waals surface area contributed by atoms with Crippen molar-refractivity contribution in [1.82, 2.24) is 14.9 Å². The van der Waals surface area contributed by atoms with Gasteiger partial charge < -0.3 is 5.32 Å². The Morgan fingerprint density at radius 2 is 1.72 bits per heavy atom. The van der Waals surface area contributed by atoms with Crippen LogP contribution in [0.2, 0.25) is 0 Å². The molecule has 0 aliphatic rings. The molecule has 1 amide bonds. The molecule has 162 valence electrons. The maximum Gasteiger partial charge on any atom is 0.216 e. The summed E-state index contributed by atoms with van der Waals surface area (Å²) in [7, 11) is 0. The smallest absolute Gasteiger partial charge is 0.216 e. The first-order chi connectivity index (χ1) is 15.6. The molecule has 4 rings (SSSR count). The topological polar surface area (TPSA) is 64.0 Å². The van der Waals surface area contributed by atoms with Gasteiger partial charge in [-0.3, -0.25) is 14.2 Å². The van der Waals surface area contributed by atoms with E-state index in [1.165, 1.54) is 30.0 Å². The van der Waals surface area contributed by atoms with Gasteiger partial charge >= 0.3 is 0 Å². The van der Waals surface area contributed by atoms with Crippen LogP contribution in [0.15, 0.2) is 84.1 Å². The quantitative estimate of drug-likeness (QED) is 0.273. The minimum absolute atomic E-state index is 0.0435. The maximum absolute atomic E-state index is 12.8. The molecular formula is C25H23N3O2S2. The van der Waals surface area contributed by atoms with Crippen molar-refractivity contribution in [2.24, 2.45) is 0 Å². The first-order valence-electron chi connectivity index (χ1n) is 10.3. The zero-order valence-corrected chi connectivity index (χ0v) is 19.3. The SMILES string of the molecule is CC(=O)NCCc1ccc(C(=O)CSc2ncc(-c3ccccc3)n2-c2ccccc2)s1. The molecule has 0 atom stereocenters. The molecule has 0 radical (unpaired) electrons. The van der Waals surface area contributed by atoms with Gasteiger partial charge in [-0.25, -0.2) is 4.98 Å². The molecule has 4 aromatic rings. The van der Waals surface area contributed by atoms with E-state index in [2.05, 4.69) is 27.0 Å². The Morgan fingerprint density at radius 3 is 2.44 bits per heavy atom.